The molecule has 1 aliphatic rings. The highest BCUT2D eigenvalue weighted by molar-refractivity contribution is 6.36. The van der Waals surface area contributed by atoms with Gasteiger partial charge in [0.05, 0.1) is 12.1 Å². The van der Waals surface area contributed by atoms with E-state index < -0.39 is 11.9 Å². The largest absolute Gasteiger partial charge is 0.496 e. The van der Waals surface area contributed by atoms with Gasteiger partial charge in [0, 0.05) is 65.8 Å². The molecular weight excluding hydrogens is 492 g/mol. The number of nitrogens with zero attached hydrogens (tertiary/aromatic N) is 4. The minimum atomic E-state index is -0.675. The highest BCUT2D eigenvalue weighted by Crippen LogP contribution is 2.39. The lowest BCUT2D eigenvalue weighted by atomic mass is 10.1. The molecule has 4 rings (SSSR count). The van der Waals surface area contributed by atoms with Crippen molar-refractivity contribution in [2.24, 2.45) is 0 Å². The number of anilines is 2. The van der Waals surface area contributed by atoms with Crippen LogP contribution in [0.5, 0.6) is 11.5 Å². The summed E-state index contributed by atoms with van der Waals surface area (Å²) in [6, 6.07) is 6.66. The maximum absolute atomic E-state index is 14.0. The van der Waals surface area contributed by atoms with Crippen LogP contribution in [0.25, 0.3) is 11.1 Å². The molecule has 3 heterocycles. The van der Waals surface area contributed by atoms with Gasteiger partial charge in [0.1, 0.15) is 23.5 Å². The molecule has 10 heteroatoms. The molecule has 7 nitrogen and oxygen atoms in total. The number of hydrogen-bond donors (Lipinski definition) is 1. The molecule has 35 heavy (non-hydrogen) atoms. The number of nitrogens with two attached hydrogens (primary N) is 1. The lowest BCUT2D eigenvalue weighted by Crippen LogP contribution is -2.50. The second-order valence-corrected chi connectivity index (χ2v) is 9.46. The minimum Gasteiger partial charge on any atom is -0.496 e. The molecule has 1 unspecified atom stereocenters. The Bertz CT molecular complexity index is 1230. The van der Waals surface area contributed by atoms with E-state index in [0.29, 0.717) is 33.7 Å². The van der Waals surface area contributed by atoms with E-state index in [1.54, 1.807) is 32.5 Å². The minimum absolute atomic E-state index is 0.0905. The first-order chi connectivity index (χ1) is 16.7. The molecule has 0 spiro atoms. The van der Waals surface area contributed by atoms with Crippen LogP contribution in [0.15, 0.2) is 36.7 Å². The van der Waals surface area contributed by atoms with Crippen molar-refractivity contribution in [1.82, 2.24) is 14.9 Å². The summed E-state index contributed by atoms with van der Waals surface area (Å²) < 4.78 is 25.7. The fourth-order valence-electron chi connectivity index (χ4n) is 4.31. The summed E-state index contributed by atoms with van der Waals surface area (Å²) in [4.78, 5) is 13.6. The van der Waals surface area contributed by atoms with Crippen LogP contribution in [0.2, 0.25) is 10.0 Å². The first-order valence-corrected chi connectivity index (χ1v) is 12.0. The number of hydrogen-bond acceptors (Lipinski definition) is 7. The Balaban J connectivity index is 1.64. The summed E-state index contributed by atoms with van der Waals surface area (Å²) in [7, 11) is 3.74. The summed E-state index contributed by atoms with van der Waals surface area (Å²) >= 11 is 12.4. The normalized spacial score (nSPS) is 17.3. The number of piperazine rings is 1. The Morgan fingerprint density at radius 1 is 1.14 bits per heavy atom. The number of benzene rings is 1. The van der Waals surface area contributed by atoms with Gasteiger partial charge in [-0.2, -0.15) is 0 Å². The number of aromatic nitrogens is 2. The Kier molecular flexibility index (Phi) is 7.54. The summed E-state index contributed by atoms with van der Waals surface area (Å²) in [5.74, 6) is 1.43. The van der Waals surface area contributed by atoms with Crippen molar-refractivity contribution >= 4 is 34.8 Å². The van der Waals surface area contributed by atoms with Gasteiger partial charge in [-0.05, 0) is 39.1 Å². The topological polar surface area (TPSA) is 76.7 Å². The molecule has 1 aliphatic heterocycles. The number of methoxy groups -OCH3 is 1. The SMILES string of the molecule is COc1cc(N2CCN(C)CC2C)ncc1-c1cnc(N)c(O[C@H](C)c2c(Cl)ccc(F)c2Cl)c1. The Hall–Kier alpha value is -2.81. The van der Waals surface area contributed by atoms with Crippen LogP contribution in [0, 0.1) is 5.82 Å². The summed E-state index contributed by atoms with van der Waals surface area (Å²) in [6.45, 7) is 6.72. The first kappa shape index (κ1) is 25.3. The third-order valence-electron chi connectivity index (χ3n) is 6.18. The first-order valence-electron chi connectivity index (χ1n) is 11.2. The van der Waals surface area contributed by atoms with Crippen LogP contribution in [-0.4, -0.2) is 54.7 Å². The lowest BCUT2D eigenvalue weighted by molar-refractivity contribution is 0.227. The maximum atomic E-state index is 14.0. The average Bonchev–Trinajstić information content (AvgIpc) is 2.83. The van der Waals surface area contributed by atoms with E-state index in [-0.39, 0.29) is 10.8 Å². The van der Waals surface area contributed by atoms with Crippen LogP contribution in [0.3, 0.4) is 0 Å². The standard InChI is InChI=1S/C25H28Cl2FN5O2/c1-14-13-32(3)7-8-33(14)22-10-20(34-4)17(12-30-22)16-9-21(25(29)31-11-16)35-15(2)23-18(26)5-6-19(28)24(23)27/h5-6,9-12,14-15H,7-8,13H2,1-4H3,(H2,29,31)/t14?,15-/m1/s1. The zero-order valence-electron chi connectivity index (χ0n) is 20.1. The average molecular weight is 520 g/mol. The van der Waals surface area contributed by atoms with E-state index in [9.17, 15) is 4.39 Å². The maximum Gasteiger partial charge on any atom is 0.166 e. The second-order valence-electron chi connectivity index (χ2n) is 8.67. The Morgan fingerprint density at radius 2 is 1.91 bits per heavy atom. The summed E-state index contributed by atoms with van der Waals surface area (Å²) in [5, 5.41) is 0.207. The van der Waals surface area contributed by atoms with Crippen molar-refractivity contribution in [1.29, 1.82) is 0 Å². The van der Waals surface area contributed by atoms with Crippen LogP contribution in [0.1, 0.15) is 25.5 Å². The van der Waals surface area contributed by atoms with Crippen LogP contribution in [-0.2, 0) is 0 Å². The van der Waals surface area contributed by atoms with E-state index in [1.807, 2.05) is 6.07 Å². The van der Waals surface area contributed by atoms with Crippen molar-refractivity contribution in [3.05, 3.63) is 58.1 Å². The van der Waals surface area contributed by atoms with Crippen molar-refractivity contribution in [3.8, 4) is 22.6 Å². The Morgan fingerprint density at radius 3 is 2.63 bits per heavy atom. The van der Waals surface area contributed by atoms with Gasteiger partial charge in [0.2, 0.25) is 0 Å². The zero-order valence-corrected chi connectivity index (χ0v) is 21.6. The predicted octanol–water partition coefficient (Wildman–Crippen LogP) is 5.46. The number of rotatable bonds is 6. The monoisotopic (exact) mass is 519 g/mol. The molecule has 1 aromatic carbocycles. The molecule has 0 bridgehead atoms. The molecule has 0 amide bonds. The number of likely N-dealkylation sites (N-methyl/N-ethyl adjacent to an activating group) is 1. The Labute approximate surface area is 214 Å². The van der Waals surface area contributed by atoms with Gasteiger partial charge >= 0.3 is 0 Å². The van der Waals surface area contributed by atoms with Crippen molar-refractivity contribution in [2.75, 3.05) is 44.4 Å². The number of ether oxygens (including phenoxy) is 2. The van der Waals surface area contributed by atoms with E-state index in [4.69, 9.17) is 43.4 Å². The third-order valence-corrected chi connectivity index (χ3v) is 6.89. The molecule has 0 saturated carbocycles. The smallest absolute Gasteiger partial charge is 0.166 e. The van der Waals surface area contributed by atoms with Gasteiger partial charge in [0.15, 0.2) is 11.6 Å². The predicted molar refractivity (Wildman–Crippen MR) is 138 cm³/mol. The molecule has 2 aromatic heterocycles. The van der Waals surface area contributed by atoms with E-state index in [0.717, 1.165) is 31.0 Å². The van der Waals surface area contributed by atoms with E-state index in [2.05, 4.69) is 28.8 Å². The molecule has 2 N–H and O–H groups in total. The van der Waals surface area contributed by atoms with Gasteiger partial charge in [0.25, 0.3) is 0 Å². The van der Waals surface area contributed by atoms with Gasteiger partial charge < -0.3 is 25.0 Å². The van der Waals surface area contributed by atoms with Gasteiger partial charge in [-0.1, -0.05) is 23.2 Å². The molecule has 1 saturated heterocycles. The molecule has 1 fully saturated rings. The third kappa shape index (κ3) is 5.24. The number of halogens is 3. The quantitative estimate of drug-likeness (QED) is 0.433. The van der Waals surface area contributed by atoms with E-state index >= 15 is 0 Å². The molecule has 186 valence electrons. The molecule has 0 aliphatic carbocycles. The van der Waals surface area contributed by atoms with Gasteiger partial charge in [-0.25, -0.2) is 14.4 Å². The number of pyridine rings is 2. The fraction of sp³-hybridized carbons (Fsp3) is 0.360. The van der Waals surface area contributed by atoms with Crippen molar-refractivity contribution in [2.45, 2.75) is 26.0 Å². The zero-order chi connectivity index (χ0) is 25.3. The number of nitrogen functional groups attached to an aromatic ring is 1. The van der Waals surface area contributed by atoms with Crippen molar-refractivity contribution < 1.29 is 13.9 Å². The van der Waals surface area contributed by atoms with Crippen LogP contribution >= 0.6 is 23.2 Å². The van der Waals surface area contributed by atoms with Gasteiger partial charge in [-0.15, -0.1) is 0 Å². The molecular formula is C25H28Cl2FN5O2. The van der Waals surface area contributed by atoms with E-state index in [1.165, 1.54) is 12.1 Å². The van der Waals surface area contributed by atoms with Crippen LogP contribution in [0.4, 0.5) is 16.0 Å². The highest BCUT2D eigenvalue weighted by atomic mass is 35.5. The summed E-state index contributed by atoms with van der Waals surface area (Å²) in [6.07, 6.45) is 2.72. The van der Waals surface area contributed by atoms with Crippen molar-refractivity contribution in [3.63, 3.8) is 0 Å². The molecule has 3 aromatic rings. The second kappa shape index (κ2) is 10.4. The van der Waals surface area contributed by atoms with Gasteiger partial charge in [-0.3, -0.25) is 0 Å². The molecule has 2 atom stereocenters. The highest BCUT2D eigenvalue weighted by Gasteiger charge is 2.24. The summed E-state index contributed by atoms with van der Waals surface area (Å²) in [5.41, 5.74) is 7.87. The molecule has 0 radical (unpaired) electrons. The fourth-order valence-corrected chi connectivity index (χ4v) is 4.99. The van der Waals surface area contributed by atoms with Crippen LogP contribution < -0.4 is 20.1 Å². The lowest BCUT2D eigenvalue weighted by Gasteiger charge is -2.39.